The van der Waals surface area contributed by atoms with Gasteiger partial charge in [-0.25, -0.2) is 0 Å². The van der Waals surface area contributed by atoms with Gasteiger partial charge in [0, 0.05) is 29.5 Å². The summed E-state index contributed by atoms with van der Waals surface area (Å²) >= 11 is 0. The van der Waals surface area contributed by atoms with E-state index < -0.39 is 5.60 Å². The summed E-state index contributed by atoms with van der Waals surface area (Å²) in [5.74, 6) is 6.45. The molecule has 1 fully saturated rings. The van der Waals surface area contributed by atoms with Crippen molar-refractivity contribution in [2.75, 3.05) is 7.05 Å². The summed E-state index contributed by atoms with van der Waals surface area (Å²) in [6.45, 7) is 4.26. The number of aliphatic hydroxyl groups is 1. The first kappa shape index (κ1) is 20.4. The number of piperidine rings is 1. The van der Waals surface area contributed by atoms with Crippen molar-refractivity contribution in [2.24, 2.45) is 11.8 Å². The molecular weight excluding hydrogens is 366 g/mol. The highest BCUT2D eigenvalue weighted by Crippen LogP contribution is 2.51. The molecule has 152 valence electrons. The Bertz CT molecular complexity index is 966. The van der Waals surface area contributed by atoms with Crippen LogP contribution in [0.2, 0.25) is 0 Å². The molecule has 0 radical (unpaired) electrons. The summed E-state index contributed by atoms with van der Waals surface area (Å²) in [6.07, 6.45) is 0. The standard InChI is InChI=1S/C28H29NO/c1-21-26(24-15-9-5-10-16-24)29(3)27(25-17-11-6-12-18-25)22(2)28(21,30)20-19-23-13-7-4-8-14-23/h4-18,21-22,26-27,30H,1-3H3/t21-,22-,26-,27-/m0/s1. The van der Waals surface area contributed by atoms with Crippen LogP contribution in [-0.4, -0.2) is 22.7 Å². The van der Waals surface area contributed by atoms with E-state index in [4.69, 9.17) is 0 Å². The predicted molar refractivity (Wildman–Crippen MR) is 123 cm³/mol. The number of rotatable bonds is 2. The molecule has 2 nitrogen and oxygen atoms in total. The van der Waals surface area contributed by atoms with E-state index in [-0.39, 0.29) is 23.9 Å². The Balaban J connectivity index is 1.83. The van der Waals surface area contributed by atoms with Gasteiger partial charge in [0.15, 0.2) is 0 Å². The minimum absolute atomic E-state index is 0.0580. The fraction of sp³-hybridized carbons (Fsp3) is 0.286. The highest BCUT2D eigenvalue weighted by molar-refractivity contribution is 5.39. The summed E-state index contributed by atoms with van der Waals surface area (Å²) < 4.78 is 0. The van der Waals surface area contributed by atoms with Gasteiger partial charge >= 0.3 is 0 Å². The summed E-state index contributed by atoms with van der Waals surface area (Å²) in [5.41, 5.74) is 2.22. The Morgan fingerprint density at radius 3 is 1.53 bits per heavy atom. The van der Waals surface area contributed by atoms with Gasteiger partial charge in [0.05, 0.1) is 0 Å². The molecule has 1 saturated heterocycles. The molecule has 0 amide bonds. The lowest BCUT2D eigenvalue weighted by atomic mass is 9.65. The molecule has 0 aliphatic carbocycles. The maximum Gasteiger partial charge on any atom is 0.134 e. The number of hydrogen-bond donors (Lipinski definition) is 1. The van der Waals surface area contributed by atoms with Crippen molar-refractivity contribution in [3.05, 3.63) is 108 Å². The van der Waals surface area contributed by atoms with Crippen LogP contribution in [0, 0.1) is 23.7 Å². The van der Waals surface area contributed by atoms with Crippen molar-refractivity contribution < 1.29 is 5.11 Å². The summed E-state index contributed by atoms with van der Waals surface area (Å²) in [7, 11) is 2.17. The zero-order chi connectivity index (χ0) is 21.1. The number of likely N-dealkylation sites (tertiary alicyclic amines) is 1. The highest BCUT2D eigenvalue weighted by Gasteiger charge is 2.53. The van der Waals surface area contributed by atoms with Gasteiger partial charge in [-0.2, -0.15) is 0 Å². The van der Waals surface area contributed by atoms with Gasteiger partial charge in [-0.3, -0.25) is 4.90 Å². The molecule has 0 aromatic heterocycles. The van der Waals surface area contributed by atoms with Gasteiger partial charge in [-0.05, 0) is 30.3 Å². The topological polar surface area (TPSA) is 23.5 Å². The Labute approximate surface area is 180 Å². The first-order valence-electron chi connectivity index (χ1n) is 10.6. The molecule has 1 aliphatic heterocycles. The Hall–Kier alpha value is -2.86. The second-order valence-corrected chi connectivity index (χ2v) is 8.40. The zero-order valence-corrected chi connectivity index (χ0v) is 17.9. The van der Waals surface area contributed by atoms with Crippen molar-refractivity contribution in [2.45, 2.75) is 31.5 Å². The molecule has 2 heteroatoms. The molecule has 0 saturated carbocycles. The van der Waals surface area contributed by atoms with Gasteiger partial charge in [-0.1, -0.05) is 105 Å². The molecule has 4 atom stereocenters. The molecule has 0 bridgehead atoms. The highest BCUT2D eigenvalue weighted by atomic mass is 16.3. The maximum absolute atomic E-state index is 12.1. The van der Waals surface area contributed by atoms with E-state index in [9.17, 15) is 5.11 Å². The monoisotopic (exact) mass is 395 g/mol. The molecule has 1 aliphatic rings. The molecule has 4 rings (SSSR count). The van der Waals surface area contributed by atoms with Gasteiger partial charge in [-0.15, -0.1) is 0 Å². The normalized spacial score (nSPS) is 29.1. The lowest BCUT2D eigenvalue weighted by molar-refractivity contribution is -0.119. The van der Waals surface area contributed by atoms with E-state index in [1.807, 2.05) is 42.5 Å². The SMILES string of the molecule is C[C@H]1[C@@H](c2ccccc2)N(C)[C@H](c2ccccc2)[C@H](C)C1(O)C#Cc1ccccc1. The Morgan fingerprint density at radius 1 is 0.700 bits per heavy atom. The molecule has 3 aromatic rings. The predicted octanol–water partition coefficient (Wildman–Crippen LogP) is 5.47. The van der Waals surface area contributed by atoms with Crippen molar-refractivity contribution >= 4 is 0 Å². The average molecular weight is 396 g/mol. The average Bonchev–Trinajstić information content (AvgIpc) is 2.79. The molecule has 30 heavy (non-hydrogen) atoms. The lowest BCUT2D eigenvalue weighted by Crippen LogP contribution is -2.57. The van der Waals surface area contributed by atoms with Crippen LogP contribution in [0.25, 0.3) is 0 Å². The van der Waals surface area contributed by atoms with Crippen LogP contribution in [0.1, 0.15) is 42.6 Å². The van der Waals surface area contributed by atoms with E-state index in [0.29, 0.717) is 0 Å². The second-order valence-electron chi connectivity index (χ2n) is 8.40. The van der Waals surface area contributed by atoms with Crippen molar-refractivity contribution in [1.29, 1.82) is 0 Å². The molecular formula is C28H29NO. The first-order chi connectivity index (χ1) is 14.5. The number of nitrogens with zero attached hydrogens (tertiary/aromatic N) is 1. The quantitative estimate of drug-likeness (QED) is 0.582. The van der Waals surface area contributed by atoms with Crippen LogP contribution < -0.4 is 0 Å². The molecule has 1 N–H and O–H groups in total. The van der Waals surface area contributed by atoms with E-state index in [1.165, 1.54) is 11.1 Å². The van der Waals surface area contributed by atoms with Gasteiger partial charge in [0.2, 0.25) is 0 Å². The number of benzene rings is 3. The number of hydrogen-bond acceptors (Lipinski definition) is 2. The van der Waals surface area contributed by atoms with Gasteiger partial charge < -0.3 is 5.11 Å². The summed E-state index contributed by atoms with van der Waals surface area (Å²) in [5, 5.41) is 12.1. The smallest absolute Gasteiger partial charge is 0.134 e. The Kier molecular flexibility index (Phi) is 5.77. The van der Waals surface area contributed by atoms with Gasteiger partial charge in [0.25, 0.3) is 0 Å². The minimum Gasteiger partial charge on any atom is -0.377 e. The zero-order valence-electron chi connectivity index (χ0n) is 17.9. The third-order valence-electron chi connectivity index (χ3n) is 6.68. The Morgan fingerprint density at radius 2 is 1.10 bits per heavy atom. The fourth-order valence-corrected chi connectivity index (χ4v) is 5.04. The minimum atomic E-state index is -1.12. The van der Waals surface area contributed by atoms with Crippen LogP contribution in [-0.2, 0) is 0 Å². The van der Waals surface area contributed by atoms with Crippen LogP contribution in [0.5, 0.6) is 0 Å². The van der Waals surface area contributed by atoms with E-state index in [0.717, 1.165) is 5.56 Å². The lowest BCUT2D eigenvalue weighted by Gasteiger charge is -2.54. The maximum atomic E-state index is 12.1. The molecule has 0 spiro atoms. The third-order valence-corrected chi connectivity index (χ3v) is 6.68. The van der Waals surface area contributed by atoms with Crippen molar-refractivity contribution in [3.63, 3.8) is 0 Å². The molecule has 0 unspecified atom stereocenters. The van der Waals surface area contributed by atoms with Crippen LogP contribution in [0.3, 0.4) is 0 Å². The largest absolute Gasteiger partial charge is 0.377 e. The van der Waals surface area contributed by atoms with Crippen LogP contribution in [0.15, 0.2) is 91.0 Å². The van der Waals surface area contributed by atoms with Crippen LogP contribution >= 0.6 is 0 Å². The fourth-order valence-electron chi connectivity index (χ4n) is 5.04. The van der Waals surface area contributed by atoms with E-state index in [2.05, 4.69) is 86.2 Å². The summed E-state index contributed by atoms with van der Waals surface area (Å²) in [6, 6.07) is 31.0. The van der Waals surface area contributed by atoms with Crippen molar-refractivity contribution in [1.82, 2.24) is 4.90 Å². The molecule has 1 heterocycles. The summed E-state index contributed by atoms with van der Waals surface area (Å²) in [4.78, 5) is 2.42. The molecule has 3 aromatic carbocycles. The third kappa shape index (κ3) is 3.67. The van der Waals surface area contributed by atoms with E-state index in [1.54, 1.807) is 0 Å². The van der Waals surface area contributed by atoms with Crippen LogP contribution in [0.4, 0.5) is 0 Å². The van der Waals surface area contributed by atoms with Crippen molar-refractivity contribution in [3.8, 4) is 11.8 Å². The van der Waals surface area contributed by atoms with E-state index >= 15 is 0 Å². The van der Waals surface area contributed by atoms with Gasteiger partial charge in [0.1, 0.15) is 5.60 Å². The first-order valence-corrected chi connectivity index (χ1v) is 10.6. The second kappa shape index (κ2) is 8.48.